The fourth-order valence-corrected chi connectivity index (χ4v) is 21.3. The molecule has 6 saturated heterocycles. The first kappa shape index (κ1) is 86.0. The molecular formula is C83H156N24. The van der Waals surface area contributed by atoms with E-state index in [1.807, 2.05) is 0 Å². The Morgan fingerprint density at radius 1 is 0.243 bits per heavy atom. The van der Waals surface area contributed by atoms with E-state index in [-0.39, 0.29) is 66.5 Å². The second-order valence-electron chi connectivity index (χ2n) is 42.4. The average Bonchev–Trinajstić information content (AvgIpc) is 0.803. The van der Waals surface area contributed by atoms with Crippen LogP contribution in [0.1, 0.15) is 256 Å². The normalized spacial score (nSPS) is 24.9. The van der Waals surface area contributed by atoms with Gasteiger partial charge in [-0.3, -0.25) is 29.4 Å². The third-order valence-corrected chi connectivity index (χ3v) is 28.3. The molecule has 0 radical (unpaired) electrons. The lowest BCUT2D eigenvalue weighted by atomic mass is 9.74. The van der Waals surface area contributed by atoms with E-state index in [0.29, 0.717) is 115 Å². The van der Waals surface area contributed by atoms with Gasteiger partial charge in [0.1, 0.15) is 0 Å². The van der Waals surface area contributed by atoms with Gasteiger partial charge in [-0.05, 0) is 334 Å². The number of hydrogen-bond acceptors (Lipinski definition) is 24. The van der Waals surface area contributed by atoms with E-state index in [4.69, 9.17) is 44.9 Å². The van der Waals surface area contributed by atoms with Gasteiger partial charge in [0.15, 0.2) is 0 Å². The molecule has 6 fully saturated rings. The number of rotatable bonds is 29. The van der Waals surface area contributed by atoms with Gasteiger partial charge in [-0.1, -0.05) is 0 Å². The van der Waals surface area contributed by atoms with Crippen molar-refractivity contribution >= 4 is 53.5 Å². The molecule has 6 N–H and O–H groups in total. The van der Waals surface area contributed by atoms with Crippen molar-refractivity contribution in [3.63, 3.8) is 0 Å². The summed E-state index contributed by atoms with van der Waals surface area (Å²) in [6.45, 7) is 64.4. The van der Waals surface area contributed by atoms with Crippen LogP contribution >= 0.6 is 0 Å². The minimum absolute atomic E-state index is 0.0399. The monoisotopic (exact) mass is 1490 g/mol. The van der Waals surface area contributed by atoms with Gasteiger partial charge >= 0.3 is 0 Å². The molecule has 107 heavy (non-hydrogen) atoms. The molecule has 6 aliphatic heterocycles. The first-order chi connectivity index (χ1) is 49.1. The predicted molar refractivity (Wildman–Crippen MR) is 450 cm³/mol. The van der Waals surface area contributed by atoms with Crippen LogP contribution < -0.4 is 46.6 Å². The van der Waals surface area contributed by atoms with Crippen LogP contribution in [0.15, 0.2) is 0 Å². The molecule has 9 rings (SSSR count). The fourth-order valence-electron chi connectivity index (χ4n) is 21.3. The summed E-state index contributed by atoms with van der Waals surface area (Å²) in [5.41, 5.74) is 0.656. The zero-order valence-corrected chi connectivity index (χ0v) is 74.0. The van der Waals surface area contributed by atoms with Gasteiger partial charge in [-0.25, -0.2) is 0 Å². The SMILES string of the molecule is CN(CCCN(CCCN(C)c1nc(NCC2CC(C)(C)N(C)C(C)(C)C2)nc(NCC2CC(C)(C)N(C)C(C)(C)C2)n1)c1nc(NCC2CC(C)(C)N(C)C(C)(C)C2)nc(NCC2CC(C)(C)N(C)C(C)(C)C2)n1)c1nc(NCC2CC(C)(C)N(C)C(C)(C)C2)nc(NCC2CC(C)(C)N(C)C(C)(C)C2)n1. The number of piperidine rings is 6. The van der Waals surface area contributed by atoms with Crippen LogP contribution in [0.3, 0.4) is 0 Å². The molecule has 9 heterocycles. The lowest BCUT2D eigenvalue weighted by molar-refractivity contribution is -0.0271. The molecule has 0 aliphatic carbocycles. The number of nitrogens with zero attached hydrogens (tertiary/aromatic N) is 18. The van der Waals surface area contributed by atoms with Crippen LogP contribution in [0.25, 0.3) is 0 Å². The van der Waals surface area contributed by atoms with Crippen molar-refractivity contribution in [3.05, 3.63) is 0 Å². The quantitative estimate of drug-likeness (QED) is 0.0381. The van der Waals surface area contributed by atoms with Crippen molar-refractivity contribution in [2.24, 2.45) is 35.5 Å². The van der Waals surface area contributed by atoms with Crippen molar-refractivity contribution in [2.75, 3.05) is 168 Å². The number of likely N-dealkylation sites (tertiary alicyclic amines) is 6. The smallest absolute Gasteiger partial charge is 0.231 e. The summed E-state index contributed by atoms with van der Waals surface area (Å²) < 4.78 is 0. The Kier molecular flexibility index (Phi) is 25.6. The average molecular weight is 1490 g/mol. The summed E-state index contributed by atoms with van der Waals surface area (Å²) >= 11 is 0. The summed E-state index contributed by atoms with van der Waals surface area (Å²) in [6.07, 6.45) is 14.5. The van der Waals surface area contributed by atoms with Gasteiger partial charge in [0.25, 0.3) is 0 Å². The van der Waals surface area contributed by atoms with Gasteiger partial charge in [-0.15, -0.1) is 0 Å². The Hall–Kier alpha value is -5.01. The maximum Gasteiger partial charge on any atom is 0.231 e. The van der Waals surface area contributed by atoms with Crippen LogP contribution in [0, 0.1) is 35.5 Å². The van der Waals surface area contributed by atoms with Gasteiger partial charge in [0, 0.05) is 146 Å². The standard InChI is InChI=1S/C83H156N24/c1-72(2)39-57(40-73(3,4)101(72)27)51-84-63-90-64(85-52-58-41-74(5,6)102(28)75(7,8)42-58)94-69(93-63)99(25)35-33-37-107(71-97-67(88-55-61-47-80(17,18)105(31)81(19,20)48-61)92-68(98-71)89-56-62-49-82(21,22)106(32)83(23,24)50-62)38-34-36-100(26)70-95-65(86-53-59-43-76(9,10)103(29)77(11,12)44-59)91-66(96-70)87-54-60-45-78(13,14)104(30)79(15,16)46-60/h57-62H,33-56H2,1-32H3,(H2,84,85,90,93,94)(H2,86,87,91,95,96)(H2,88,89,92,97,98). The molecule has 0 saturated carbocycles. The maximum absolute atomic E-state index is 5.44. The molecule has 0 bridgehead atoms. The Bertz CT molecular complexity index is 2980. The highest BCUT2D eigenvalue weighted by Crippen LogP contribution is 2.46. The van der Waals surface area contributed by atoms with E-state index >= 15 is 0 Å². The van der Waals surface area contributed by atoms with Gasteiger partial charge in [-0.2, -0.15) is 44.9 Å². The molecule has 24 heteroatoms. The highest BCUT2D eigenvalue weighted by Gasteiger charge is 2.49. The lowest BCUT2D eigenvalue weighted by Crippen LogP contribution is -2.59. The lowest BCUT2D eigenvalue weighted by Gasteiger charge is -2.53. The molecule has 0 spiro atoms. The van der Waals surface area contributed by atoms with Crippen LogP contribution in [0.5, 0.6) is 0 Å². The molecule has 0 aromatic carbocycles. The van der Waals surface area contributed by atoms with Crippen molar-refractivity contribution in [1.29, 1.82) is 0 Å². The van der Waals surface area contributed by atoms with E-state index in [1.54, 1.807) is 0 Å². The highest BCUT2D eigenvalue weighted by atomic mass is 15.4. The highest BCUT2D eigenvalue weighted by molar-refractivity contribution is 5.47. The van der Waals surface area contributed by atoms with Crippen molar-refractivity contribution < 1.29 is 0 Å². The number of anilines is 9. The number of hydrogen-bond donors (Lipinski definition) is 6. The number of nitrogens with one attached hydrogen (secondary N) is 6. The minimum atomic E-state index is 0.0399. The molecule has 0 atom stereocenters. The molecule has 0 unspecified atom stereocenters. The molecule has 608 valence electrons. The van der Waals surface area contributed by atoms with Crippen molar-refractivity contribution in [3.8, 4) is 0 Å². The van der Waals surface area contributed by atoms with Crippen LogP contribution in [-0.4, -0.2) is 263 Å². The molecule has 6 aliphatic rings. The van der Waals surface area contributed by atoms with Crippen molar-refractivity contribution in [2.45, 2.75) is 323 Å². The summed E-state index contributed by atoms with van der Waals surface area (Å²) in [5, 5.41) is 22.8. The van der Waals surface area contributed by atoms with Crippen molar-refractivity contribution in [1.82, 2.24) is 74.3 Å². The van der Waals surface area contributed by atoms with Gasteiger partial charge < -0.3 is 46.6 Å². The predicted octanol–water partition coefficient (Wildman–Crippen LogP) is 14.0. The second-order valence-corrected chi connectivity index (χ2v) is 42.4. The third kappa shape index (κ3) is 21.0. The Morgan fingerprint density at radius 2 is 0.393 bits per heavy atom. The topological polar surface area (TPSA) is 217 Å². The van der Waals surface area contributed by atoms with Crippen LogP contribution in [0.2, 0.25) is 0 Å². The molecular weight excluding hydrogens is 1330 g/mol. The molecule has 3 aromatic rings. The zero-order chi connectivity index (χ0) is 79.4. The van der Waals surface area contributed by atoms with E-state index in [0.717, 1.165) is 129 Å². The Morgan fingerprint density at radius 3 is 0.551 bits per heavy atom. The summed E-state index contributed by atoms with van der Waals surface area (Å²) in [5.74, 6) is 8.22. The molecule has 24 nitrogen and oxygen atoms in total. The van der Waals surface area contributed by atoms with Gasteiger partial charge in [0.05, 0.1) is 0 Å². The van der Waals surface area contributed by atoms with E-state index in [1.165, 1.54) is 0 Å². The summed E-state index contributed by atoms with van der Waals surface area (Å²) in [6, 6.07) is 0. The van der Waals surface area contributed by atoms with E-state index in [9.17, 15) is 0 Å². The largest absolute Gasteiger partial charge is 0.354 e. The fraction of sp³-hybridized carbons (Fsp3) is 0.892. The van der Waals surface area contributed by atoms with Crippen LogP contribution in [-0.2, 0) is 0 Å². The second kappa shape index (κ2) is 31.9. The summed E-state index contributed by atoms with van der Waals surface area (Å²) in [4.78, 5) is 69.5. The Labute approximate surface area is 651 Å². The van der Waals surface area contributed by atoms with E-state index < -0.39 is 0 Å². The van der Waals surface area contributed by atoms with Gasteiger partial charge in [0.2, 0.25) is 53.5 Å². The Balaban J connectivity index is 1.02. The first-order valence-electron chi connectivity index (χ1n) is 41.4. The first-order valence-corrected chi connectivity index (χ1v) is 41.4. The van der Waals surface area contributed by atoms with Crippen LogP contribution in [0.4, 0.5) is 53.5 Å². The van der Waals surface area contributed by atoms with E-state index in [2.05, 4.69) is 299 Å². The third-order valence-electron chi connectivity index (χ3n) is 28.3. The maximum atomic E-state index is 5.44. The minimum Gasteiger partial charge on any atom is -0.354 e. The number of aromatic nitrogens is 9. The summed E-state index contributed by atoms with van der Waals surface area (Å²) in [7, 11) is 17.9. The zero-order valence-electron chi connectivity index (χ0n) is 74.0. The molecule has 0 amide bonds. The molecule has 3 aromatic heterocycles.